The van der Waals surface area contributed by atoms with Crippen LogP contribution in [0, 0.1) is 0 Å². The molecule has 2 aliphatic rings. The first kappa shape index (κ1) is 21.7. The van der Waals surface area contributed by atoms with Crippen molar-refractivity contribution in [3.63, 3.8) is 0 Å². The Hall–Kier alpha value is -1.01. The molecule has 0 saturated carbocycles. The summed E-state index contributed by atoms with van der Waals surface area (Å²) in [6.45, 7) is 4.00. The van der Waals surface area contributed by atoms with Crippen molar-refractivity contribution in [1.29, 1.82) is 0 Å². The fourth-order valence-corrected chi connectivity index (χ4v) is 8.57. The van der Waals surface area contributed by atoms with Gasteiger partial charge in [0.15, 0.2) is 19.7 Å². The van der Waals surface area contributed by atoms with E-state index in [-0.39, 0.29) is 40.2 Å². The molecule has 0 amide bonds. The average molecular weight is 451 g/mol. The standard InChI is InChI=1S/C17H26N2O6S3/c1-13(2)14-3-5-17(6-4-14)28(24,25)19(16-8-10-27(22,23)12-16)18-15-7-9-26(20,21)11-15/h3-6,13,15-16,18H,7-12H2,1-2H3/t15-,16-/m1/s1. The van der Waals surface area contributed by atoms with Crippen molar-refractivity contribution in [2.75, 3.05) is 23.0 Å². The molecule has 1 aromatic rings. The number of nitrogens with zero attached hydrogens (tertiary/aromatic N) is 1. The maximum atomic E-state index is 13.3. The summed E-state index contributed by atoms with van der Waals surface area (Å²) < 4.78 is 74.9. The maximum Gasteiger partial charge on any atom is 0.256 e. The summed E-state index contributed by atoms with van der Waals surface area (Å²) in [5, 5.41) is 0. The van der Waals surface area contributed by atoms with Gasteiger partial charge in [-0.2, -0.15) is 0 Å². The summed E-state index contributed by atoms with van der Waals surface area (Å²) >= 11 is 0. The van der Waals surface area contributed by atoms with Crippen molar-refractivity contribution in [2.24, 2.45) is 0 Å². The molecule has 158 valence electrons. The van der Waals surface area contributed by atoms with E-state index in [4.69, 9.17) is 0 Å². The van der Waals surface area contributed by atoms with Crippen LogP contribution in [0.25, 0.3) is 0 Å². The summed E-state index contributed by atoms with van der Waals surface area (Å²) in [6, 6.07) is 5.17. The van der Waals surface area contributed by atoms with Crippen molar-refractivity contribution in [3.8, 4) is 0 Å². The Morgan fingerprint density at radius 2 is 1.54 bits per heavy atom. The highest BCUT2D eigenvalue weighted by Crippen LogP contribution is 2.26. The lowest BCUT2D eigenvalue weighted by Gasteiger charge is -2.30. The Bertz CT molecular complexity index is 1030. The lowest BCUT2D eigenvalue weighted by Crippen LogP contribution is -2.54. The number of hydrogen-bond donors (Lipinski definition) is 1. The smallest absolute Gasteiger partial charge is 0.237 e. The normalized spacial score (nSPS) is 26.9. The Morgan fingerprint density at radius 1 is 0.964 bits per heavy atom. The molecule has 2 heterocycles. The molecule has 2 saturated heterocycles. The number of hydrazine groups is 1. The molecule has 2 atom stereocenters. The van der Waals surface area contributed by atoms with Gasteiger partial charge in [0.1, 0.15) is 0 Å². The van der Waals surface area contributed by atoms with Crippen molar-refractivity contribution in [2.45, 2.75) is 49.6 Å². The van der Waals surface area contributed by atoms with Gasteiger partial charge in [0.2, 0.25) is 0 Å². The van der Waals surface area contributed by atoms with Gasteiger partial charge < -0.3 is 0 Å². The van der Waals surface area contributed by atoms with Crippen LogP contribution in [-0.4, -0.2) is 64.8 Å². The van der Waals surface area contributed by atoms with Gasteiger partial charge in [-0.3, -0.25) is 0 Å². The van der Waals surface area contributed by atoms with Crippen molar-refractivity contribution in [3.05, 3.63) is 29.8 Å². The van der Waals surface area contributed by atoms with Gasteiger partial charge in [0, 0.05) is 6.04 Å². The molecule has 0 unspecified atom stereocenters. The lowest BCUT2D eigenvalue weighted by atomic mass is 10.0. The van der Waals surface area contributed by atoms with Crippen LogP contribution in [0.3, 0.4) is 0 Å². The number of sulfonamides is 1. The molecule has 2 fully saturated rings. The van der Waals surface area contributed by atoms with E-state index < -0.39 is 41.8 Å². The van der Waals surface area contributed by atoms with E-state index in [1.165, 1.54) is 12.1 Å². The van der Waals surface area contributed by atoms with Crippen LogP contribution < -0.4 is 5.43 Å². The Kier molecular flexibility index (Phi) is 5.95. The summed E-state index contributed by atoms with van der Waals surface area (Å²) in [4.78, 5) is 0.0505. The lowest BCUT2D eigenvalue weighted by molar-refractivity contribution is 0.229. The molecular formula is C17H26N2O6S3. The third kappa shape index (κ3) is 4.76. The molecule has 11 heteroatoms. The molecule has 0 spiro atoms. The average Bonchev–Trinajstić information content (AvgIpc) is 3.13. The van der Waals surface area contributed by atoms with Crippen LogP contribution >= 0.6 is 0 Å². The number of sulfone groups is 2. The number of hydrogen-bond acceptors (Lipinski definition) is 7. The number of nitrogens with one attached hydrogen (secondary N) is 1. The van der Waals surface area contributed by atoms with E-state index in [0.29, 0.717) is 6.42 Å². The van der Waals surface area contributed by atoms with Gasteiger partial charge in [-0.05, 0) is 36.5 Å². The Balaban J connectivity index is 1.92. The first-order valence-electron chi connectivity index (χ1n) is 9.21. The third-order valence-corrected chi connectivity index (χ3v) is 10.5. The van der Waals surface area contributed by atoms with Crippen molar-refractivity contribution < 1.29 is 25.3 Å². The van der Waals surface area contributed by atoms with E-state index in [0.717, 1.165) is 9.98 Å². The second-order valence-electron chi connectivity index (χ2n) is 7.81. The number of benzene rings is 1. The van der Waals surface area contributed by atoms with Crippen LogP contribution in [-0.2, 0) is 29.7 Å². The Labute approximate surface area is 167 Å². The topological polar surface area (TPSA) is 118 Å². The third-order valence-electron chi connectivity index (χ3n) is 5.19. The molecule has 8 nitrogen and oxygen atoms in total. The fourth-order valence-electron chi connectivity index (χ4n) is 3.55. The van der Waals surface area contributed by atoms with E-state index in [9.17, 15) is 25.3 Å². The molecule has 3 rings (SSSR count). The first-order valence-corrected chi connectivity index (χ1v) is 14.3. The SMILES string of the molecule is CC(C)c1ccc(S(=O)(=O)N(N[C@@H]2CCS(=O)(=O)C2)[C@@H]2CCS(=O)(=O)C2)cc1. The minimum absolute atomic E-state index is 0.00932. The highest BCUT2D eigenvalue weighted by atomic mass is 32.2. The molecule has 0 radical (unpaired) electrons. The molecule has 2 aliphatic heterocycles. The zero-order valence-corrected chi connectivity index (χ0v) is 18.4. The zero-order valence-electron chi connectivity index (χ0n) is 15.9. The first-order chi connectivity index (χ1) is 12.9. The van der Waals surface area contributed by atoms with E-state index in [2.05, 4.69) is 5.43 Å². The zero-order chi connectivity index (χ0) is 20.7. The monoisotopic (exact) mass is 450 g/mol. The van der Waals surface area contributed by atoms with E-state index >= 15 is 0 Å². The summed E-state index contributed by atoms with van der Waals surface area (Å²) in [5.41, 5.74) is 3.82. The van der Waals surface area contributed by atoms with Crippen molar-refractivity contribution >= 4 is 29.7 Å². The van der Waals surface area contributed by atoms with Gasteiger partial charge in [-0.25, -0.2) is 30.7 Å². The van der Waals surface area contributed by atoms with E-state index in [1.54, 1.807) is 12.1 Å². The van der Waals surface area contributed by atoms with Gasteiger partial charge in [-0.15, -0.1) is 4.41 Å². The van der Waals surface area contributed by atoms with Gasteiger partial charge in [-0.1, -0.05) is 26.0 Å². The van der Waals surface area contributed by atoms with Crippen LogP contribution in [0.5, 0.6) is 0 Å². The fraction of sp³-hybridized carbons (Fsp3) is 0.647. The molecule has 28 heavy (non-hydrogen) atoms. The van der Waals surface area contributed by atoms with E-state index in [1.807, 2.05) is 13.8 Å². The quantitative estimate of drug-likeness (QED) is 0.633. The van der Waals surface area contributed by atoms with Gasteiger partial charge in [0.25, 0.3) is 10.0 Å². The highest BCUT2D eigenvalue weighted by molar-refractivity contribution is 7.92. The molecule has 0 aliphatic carbocycles. The molecule has 0 bridgehead atoms. The van der Waals surface area contributed by atoms with Crippen LogP contribution in [0.2, 0.25) is 0 Å². The molecule has 1 aromatic carbocycles. The summed E-state index contributed by atoms with van der Waals surface area (Å²) in [5.74, 6) is -0.284. The predicted octanol–water partition coefficient (Wildman–Crippen LogP) is 0.680. The Morgan fingerprint density at radius 3 is 2.00 bits per heavy atom. The molecule has 1 N–H and O–H groups in total. The second-order valence-corrected chi connectivity index (χ2v) is 14.1. The minimum Gasteiger partial charge on any atom is -0.237 e. The predicted molar refractivity (Wildman–Crippen MR) is 107 cm³/mol. The van der Waals surface area contributed by atoms with Gasteiger partial charge >= 0.3 is 0 Å². The largest absolute Gasteiger partial charge is 0.256 e. The highest BCUT2D eigenvalue weighted by Gasteiger charge is 2.41. The summed E-state index contributed by atoms with van der Waals surface area (Å²) in [6.07, 6.45) is 0.470. The molecule has 0 aromatic heterocycles. The second kappa shape index (κ2) is 7.67. The van der Waals surface area contributed by atoms with Crippen LogP contribution in [0.15, 0.2) is 29.2 Å². The van der Waals surface area contributed by atoms with Gasteiger partial charge in [0.05, 0.1) is 33.9 Å². The minimum atomic E-state index is -4.04. The summed E-state index contributed by atoms with van der Waals surface area (Å²) in [7, 11) is -10.6. The van der Waals surface area contributed by atoms with Crippen molar-refractivity contribution in [1.82, 2.24) is 9.84 Å². The van der Waals surface area contributed by atoms with Crippen LogP contribution in [0.1, 0.15) is 38.2 Å². The molecular weight excluding hydrogens is 424 g/mol. The maximum absolute atomic E-state index is 13.3. The van der Waals surface area contributed by atoms with Crippen LogP contribution in [0.4, 0.5) is 0 Å². The number of rotatable bonds is 6.